The average Bonchev–Trinajstić information content (AvgIpc) is 3.01. The second kappa shape index (κ2) is 16.7. The lowest BCUT2D eigenvalue weighted by molar-refractivity contribution is -0.0414. The largest absolute Gasteiger partial charge is 0.493 e. The van der Waals surface area contributed by atoms with Gasteiger partial charge >= 0.3 is 0 Å². The predicted octanol–water partition coefficient (Wildman–Crippen LogP) is 10.7. The number of ether oxygens (including phenoxy) is 3. The molecule has 0 aromatic heterocycles. The summed E-state index contributed by atoms with van der Waals surface area (Å²) in [6.07, 6.45) is 13.6. The molecule has 0 spiro atoms. The van der Waals surface area contributed by atoms with Gasteiger partial charge in [-0.25, -0.2) is 17.6 Å². The molecule has 0 N–H and O–H groups in total. The summed E-state index contributed by atoms with van der Waals surface area (Å²) in [5.74, 6) is -3.03. The summed E-state index contributed by atoms with van der Waals surface area (Å²) in [4.78, 5) is 0. The summed E-state index contributed by atoms with van der Waals surface area (Å²) in [5, 5.41) is 0. The molecule has 2 aromatic carbocycles. The Balaban J connectivity index is 1.22. The zero-order valence-corrected chi connectivity index (χ0v) is 26.0. The average molecular weight is 607 g/mol. The minimum absolute atomic E-state index is 0.0512. The third kappa shape index (κ3) is 9.86. The maximum absolute atomic E-state index is 15.1. The van der Waals surface area contributed by atoms with Crippen LogP contribution in [0.1, 0.15) is 121 Å². The molecule has 2 unspecified atom stereocenters. The Hall–Kier alpha value is -2.28. The van der Waals surface area contributed by atoms with E-state index < -0.39 is 30.6 Å². The smallest absolute Gasteiger partial charge is 0.276 e. The quantitative estimate of drug-likeness (QED) is 0.141. The number of rotatable bonds is 16. The molecule has 2 fully saturated rings. The highest BCUT2D eigenvalue weighted by Gasteiger charge is 2.35. The monoisotopic (exact) mass is 606 g/mol. The number of hydrogen-bond acceptors (Lipinski definition) is 3. The molecule has 2 atom stereocenters. The Morgan fingerprint density at radius 3 is 2.21 bits per heavy atom. The normalized spacial score (nSPS) is 22.8. The van der Waals surface area contributed by atoms with Gasteiger partial charge in [0.15, 0.2) is 11.6 Å². The summed E-state index contributed by atoms with van der Waals surface area (Å²) in [7, 11) is 0. The van der Waals surface area contributed by atoms with Crippen LogP contribution in [0.25, 0.3) is 0 Å². The fraction of sp³-hybridized carbons (Fsp3) is 0.667. The predicted molar refractivity (Wildman–Crippen MR) is 163 cm³/mol. The highest BCUT2D eigenvalue weighted by molar-refractivity contribution is 5.33. The third-order valence-corrected chi connectivity index (χ3v) is 9.43. The molecule has 1 saturated heterocycles. The van der Waals surface area contributed by atoms with E-state index in [4.69, 9.17) is 14.2 Å². The molecule has 1 saturated carbocycles. The molecule has 2 aromatic rings. The van der Waals surface area contributed by atoms with Gasteiger partial charge in [-0.1, -0.05) is 58.1 Å². The van der Waals surface area contributed by atoms with E-state index in [0.717, 1.165) is 76.9 Å². The van der Waals surface area contributed by atoms with Gasteiger partial charge in [0.05, 0.1) is 25.9 Å². The van der Waals surface area contributed by atoms with Gasteiger partial charge in [-0.15, -0.1) is 0 Å². The number of halogens is 4. The Morgan fingerprint density at radius 2 is 1.53 bits per heavy atom. The van der Waals surface area contributed by atoms with E-state index in [0.29, 0.717) is 35.9 Å². The van der Waals surface area contributed by atoms with E-state index in [1.807, 2.05) is 0 Å². The Labute approximate surface area is 255 Å². The molecule has 0 radical (unpaired) electrons. The molecule has 1 aliphatic heterocycles. The van der Waals surface area contributed by atoms with Gasteiger partial charge in [0.1, 0.15) is 11.6 Å². The van der Waals surface area contributed by atoms with Crippen molar-refractivity contribution in [2.45, 2.75) is 122 Å². The van der Waals surface area contributed by atoms with Crippen LogP contribution < -0.4 is 9.47 Å². The molecule has 4 rings (SSSR count). The fourth-order valence-electron chi connectivity index (χ4n) is 6.69. The molecule has 43 heavy (non-hydrogen) atoms. The van der Waals surface area contributed by atoms with Crippen molar-refractivity contribution in [2.75, 3.05) is 19.8 Å². The zero-order valence-electron chi connectivity index (χ0n) is 26.0. The van der Waals surface area contributed by atoms with E-state index in [-0.39, 0.29) is 17.2 Å². The van der Waals surface area contributed by atoms with Gasteiger partial charge < -0.3 is 14.2 Å². The maximum atomic E-state index is 15.1. The second-order valence-corrected chi connectivity index (χ2v) is 12.6. The van der Waals surface area contributed by atoms with Crippen molar-refractivity contribution >= 4 is 0 Å². The first-order valence-corrected chi connectivity index (χ1v) is 16.6. The van der Waals surface area contributed by atoms with Crippen LogP contribution in [0.3, 0.4) is 0 Å². The van der Waals surface area contributed by atoms with Crippen LogP contribution in [-0.2, 0) is 10.7 Å². The van der Waals surface area contributed by atoms with Crippen LogP contribution in [0.4, 0.5) is 17.6 Å². The highest BCUT2D eigenvalue weighted by atomic mass is 19.3. The highest BCUT2D eigenvalue weighted by Crippen LogP contribution is 2.43. The van der Waals surface area contributed by atoms with Crippen molar-refractivity contribution in [2.24, 2.45) is 11.8 Å². The van der Waals surface area contributed by atoms with Crippen LogP contribution in [0.5, 0.6) is 11.5 Å². The van der Waals surface area contributed by atoms with Crippen molar-refractivity contribution in [1.82, 2.24) is 0 Å². The van der Waals surface area contributed by atoms with Crippen LogP contribution in [0.15, 0.2) is 36.4 Å². The first-order chi connectivity index (χ1) is 20.8. The minimum Gasteiger partial charge on any atom is -0.493 e. The van der Waals surface area contributed by atoms with E-state index in [1.54, 1.807) is 6.07 Å². The van der Waals surface area contributed by atoms with Crippen molar-refractivity contribution < 1.29 is 31.8 Å². The van der Waals surface area contributed by atoms with E-state index in [9.17, 15) is 13.2 Å². The number of benzene rings is 2. The summed E-state index contributed by atoms with van der Waals surface area (Å²) in [6.45, 7) is 5.26. The summed E-state index contributed by atoms with van der Waals surface area (Å²) >= 11 is 0. The van der Waals surface area contributed by atoms with Gasteiger partial charge in [-0.05, 0) is 92.9 Å². The summed E-state index contributed by atoms with van der Waals surface area (Å²) < 4.78 is 76.6. The second-order valence-electron chi connectivity index (χ2n) is 12.6. The van der Waals surface area contributed by atoms with Crippen LogP contribution in [0, 0.1) is 23.5 Å². The van der Waals surface area contributed by atoms with Crippen molar-refractivity contribution in [3.05, 3.63) is 59.2 Å². The topological polar surface area (TPSA) is 27.7 Å². The number of hydrogen-bond donors (Lipinski definition) is 0. The van der Waals surface area contributed by atoms with Crippen LogP contribution >= 0.6 is 0 Å². The van der Waals surface area contributed by atoms with Crippen molar-refractivity contribution in [3.63, 3.8) is 0 Å². The van der Waals surface area contributed by atoms with Gasteiger partial charge in [-0.3, -0.25) is 0 Å². The zero-order chi connectivity index (χ0) is 30.7. The van der Waals surface area contributed by atoms with Crippen LogP contribution in [-0.4, -0.2) is 25.9 Å². The Bertz CT molecular complexity index is 1110. The Kier molecular flexibility index (Phi) is 13.1. The van der Waals surface area contributed by atoms with Gasteiger partial charge in [0, 0.05) is 18.1 Å². The van der Waals surface area contributed by atoms with Gasteiger partial charge in [0.2, 0.25) is 0 Å². The van der Waals surface area contributed by atoms with Crippen molar-refractivity contribution in [1.29, 1.82) is 0 Å². The number of unbranched alkanes of at least 4 members (excludes halogenated alkanes) is 4. The van der Waals surface area contributed by atoms with E-state index >= 15 is 4.39 Å². The third-order valence-electron chi connectivity index (χ3n) is 9.43. The molecule has 0 bridgehead atoms. The molecule has 240 valence electrons. The molecule has 7 heteroatoms. The SMILES string of the molecule is CCCCCCOc1ccc(OCCC(F)(F)c2ccc(C3CCC(C4CCC(CCCC)OC4)CC3)c(F)c2)c(F)c1. The lowest BCUT2D eigenvalue weighted by atomic mass is 9.72. The van der Waals surface area contributed by atoms with Crippen molar-refractivity contribution in [3.8, 4) is 11.5 Å². The maximum Gasteiger partial charge on any atom is 0.276 e. The first kappa shape index (κ1) is 33.6. The molecule has 1 heterocycles. The lowest BCUT2D eigenvalue weighted by Crippen LogP contribution is -2.32. The van der Waals surface area contributed by atoms with E-state index in [1.165, 1.54) is 43.5 Å². The molecular formula is C36H50F4O3. The van der Waals surface area contributed by atoms with Crippen LogP contribution in [0.2, 0.25) is 0 Å². The first-order valence-electron chi connectivity index (χ1n) is 16.6. The fourth-order valence-corrected chi connectivity index (χ4v) is 6.69. The molecule has 1 aliphatic carbocycles. The van der Waals surface area contributed by atoms with Gasteiger partial charge in [-0.2, -0.15) is 0 Å². The van der Waals surface area contributed by atoms with E-state index in [2.05, 4.69) is 13.8 Å². The molecular weight excluding hydrogens is 556 g/mol. The Morgan fingerprint density at radius 1 is 0.767 bits per heavy atom. The summed E-state index contributed by atoms with van der Waals surface area (Å²) in [5.41, 5.74) is 0.152. The lowest BCUT2D eigenvalue weighted by Gasteiger charge is -2.38. The molecule has 2 aliphatic rings. The van der Waals surface area contributed by atoms with Gasteiger partial charge in [0.25, 0.3) is 5.92 Å². The minimum atomic E-state index is -3.30. The standard InChI is InChI=1S/C36H50F4O3/c1-3-5-7-8-21-41-31-17-19-35(34(38)24-31)42-22-20-36(39,40)29-15-18-32(33(37)23-29)27-12-10-26(11-13-27)28-14-16-30(43-25-28)9-6-4-2/h15,17-19,23-24,26-28,30H,3-14,16,20-22,25H2,1-2H3. The number of alkyl halides is 2. The molecule has 0 amide bonds. The summed E-state index contributed by atoms with van der Waals surface area (Å²) in [6, 6.07) is 8.02. The molecule has 3 nitrogen and oxygen atoms in total.